The van der Waals surface area contributed by atoms with Crippen LogP contribution in [0.15, 0.2) is 29.2 Å². The molecule has 3 aromatic rings. The summed E-state index contributed by atoms with van der Waals surface area (Å²) in [6.07, 6.45) is 4.84. The van der Waals surface area contributed by atoms with Gasteiger partial charge in [0.05, 0.1) is 17.6 Å². The Bertz CT molecular complexity index is 1050. The Hall–Kier alpha value is -2.83. The predicted octanol–water partition coefficient (Wildman–Crippen LogP) is 1.52. The summed E-state index contributed by atoms with van der Waals surface area (Å²) >= 11 is 0. The highest BCUT2D eigenvalue weighted by molar-refractivity contribution is 5.87. The van der Waals surface area contributed by atoms with E-state index in [1.54, 1.807) is 16.9 Å². The molecule has 4 heterocycles. The van der Waals surface area contributed by atoms with Crippen LogP contribution >= 0.6 is 0 Å². The molecule has 2 aliphatic rings. The first-order valence-corrected chi connectivity index (χ1v) is 9.11. The molecule has 0 saturated carbocycles. The highest BCUT2D eigenvalue weighted by Crippen LogP contribution is 2.29. The Kier molecular flexibility index (Phi) is 3.48. The van der Waals surface area contributed by atoms with Gasteiger partial charge in [0.2, 0.25) is 0 Å². The second kappa shape index (κ2) is 5.86. The molecule has 7 heteroatoms. The summed E-state index contributed by atoms with van der Waals surface area (Å²) in [5.74, 6) is 2.07. The van der Waals surface area contributed by atoms with Crippen molar-refractivity contribution in [3.05, 3.63) is 51.8 Å². The molecule has 0 radical (unpaired) electrons. The topological polar surface area (TPSA) is 76.8 Å². The largest absolute Gasteiger partial charge is 0.355 e. The van der Waals surface area contributed by atoms with E-state index < -0.39 is 0 Å². The van der Waals surface area contributed by atoms with Gasteiger partial charge < -0.3 is 4.90 Å². The number of hydrogen-bond donors (Lipinski definition) is 0. The summed E-state index contributed by atoms with van der Waals surface area (Å²) in [6, 6.07) is 5.70. The van der Waals surface area contributed by atoms with E-state index in [9.17, 15) is 4.79 Å². The van der Waals surface area contributed by atoms with Crippen LogP contribution in [0, 0.1) is 12.8 Å². The molecule has 5 rings (SSSR count). The van der Waals surface area contributed by atoms with Gasteiger partial charge in [0.1, 0.15) is 11.6 Å². The Morgan fingerprint density at radius 2 is 2.12 bits per heavy atom. The molecule has 1 aliphatic carbocycles. The monoisotopic (exact) mass is 348 g/mol. The number of nitrogens with zero attached hydrogens (tertiary/aromatic N) is 6. The van der Waals surface area contributed by atoms with Crippen molar-refractivity contribution in [3.63, 3.8) is 0 Å². The lowest BCUT2D eigenvalue weighted by Gasteiger charge is -2.40. The number of anilines is 1. The first-order chi connectivity index (χ1) is 12.7. The van der Waals surface area contributed by atoms with Crippen LogP contribution in [0.5, 0.6) is 0 Å². The highest BCUT2D eigenvalue weighted by atomic mass is 16.1. The molecule has 0 atom stereocenters. The Balaban J connectivity index is 1.35. The number of pyridine rings is 1. The molecule has 1 saturated heterocycles. The number of rotatable bonds is 3. The molecule has 0 aromatic carbocycles. The maximum Gasteiger partial charge on any atom is 0.267 e. The summed E-state index contributed by atoms with van der Waals surface area (Å²) in [6.45, 7) is 4.29. The molecule has 132 valence electrons. The molecule has 1 fully saturated rings. The van der Waals surface area contributed by atoms with Crippen LogP contribution in [0.3, 0.4) is 0 Å². The molecule has 3 aromatic heterocycles. The van der Waals surface area contributed by atoms with Gasteiger partial charge in [-0.3, -0.25) is 4.79 Å². The molecule has 0 spiro atoms. The molecule has 7 nitrogen and oxygen atoms in total. The van der Waals surface area contributed by atoms with Gasteiger partial charge in [-0.25, -0.2) is 19.6 Å². The van der Waals surface area contributed by atoms with Crippen molar-refractivity contribution >= 4 is 16.9 Å². The van der Waals surface area contributed by atoms with E-state index in [4.69, 9.17) is 0 Å². The van der Waals surface area contributed by atoms with Gasteiger partial charge in [0, 0.05) is 31.3 Å². The van der Waals surface area contributed by atoms with Crippen molar-refractivity contribution in [1.82, 2.24) is 24.7 Å². The zero-order chi connectivity index (χ0) is 17.7. The number of hydrogen-bond acceptors (Lipinski definition) is 6. The SMILES string of the molecule is Cc1nc(N2CC(Cn3nc4c(cc3=O)CCC4)C2)c2cccnc2n1. The van der Waals surface area contributed by atoms with Gasteiger partial charge >= 0.3 is 0 Å². The van der Waals surface area contributed by atoms with Crippen molar-refractivity contribution in [1.29, 1.82) is 0 Å². The Labute approximate surface area is 150 Å². The van der Waals surface area contributed by atoms with E-state index >= 15 is 0 Å². The fourth-order valence-corrected chi connectivity index (χ4v) is 3.97. The number of aryl methyl sites for hydroxylation is 3. The standard InChI is InChI=1S/C19H20N6O/c1-12-21-18-15(5-3-7-20-18)19(22-12)24-9-13(10-24)11-25-17(26)8-14-4-2-6-16(14)23-25/h3,5,7-8,13H,2,4,6,9-11H2,1H3. The van der Waals surface area contributed by atoms with E-state index in [0.717, 1.165) is 66.3 Å². The number of aromatic nitrogens is 5. The van der Waals surface area contributed by atoms with Crippen LogP contribution in [-0.4, -0.2) is 37.8 Å². The third-order valence-corrected chi connectivity index (χ3v) is 5.27. The third kappa shape index (κ3) is 2.55. The van der Waals surface area contributed by atoms with Gasteiger partial charge in [0.25, 0.3) is 5.56 Å². The van der Waals surface area contributed by atoms with E-state index in [1.165, 1.54) is 0 Å². The fraction of sp³-hybridized carbons (Fsp3) is 0.421. The maximum absolute atomic E-state index is 12.3. The second-order valence-corrected chi connectivity index (χ2v) is 7.23. The molecular formula is C19H20N6O. The smallest absolute Gasteiger partial charge is 0.267 e. The Morgan fingerprint density at radius 3 is 3.00 bits per heavy atom. The lowest BCUT2D eigenvalue weighted by molar-refractivity contribution is 0.332. The predicted molar refractivity (Wildman–Crippen MR) is 98.3 cm³/mol. The van der Waals surface area contributed by atoms with Gasteiger partial charge in [-0.2, -0.15) is 5.10 Å². The summed E-state index contributed by atoms with van der Waals surface area (Å²) in [5.41, 5.74) is 2.99. The highest BCUT2D eigenvalue weighted by Gasteiger charge is 2.30. The minimum atomic E-state index is 0.0247. The van der Waals surface area contributed by atoms with Gasteiger partial charge in [-0.15, -0.1) is 0 Å². The van der Waals surface area contributed by atoms with Gasteiger partial charge in [-0.1, -0.05) is 0 Å². The van der Waals surface area contributed by atoms with Crippen molar-refractivity contribution in [3.8, 4) is 0 Å². The lowest BCUT2D eigenvalue weighted by Crippen LogP contribution is -2.50. The zero-order valence-electron chi connectivity index (χ0n) is 14.7. The molecular weight excluding hydrogens is 328 g/mol. The fourth-order valence-electron chi connectivity index (χ4n) is 3.97. The molecule has 26 heavy (non-hydrogen) atoms. The summed E-state index contributed by atoms with van der Waals surface area (Å²) in [7, 11) is 0. The van der Waals surface area contributed by atoms with Crippen molar-refractivity contribution in [2.45, 2.75) is 32.7 Å². The van der Waals surface area contributed by atoms with E-state index in [-0.39, 0.29) is 5.56 Å². The lowest BCUT2D eigenvalue weighted by atomic mass is 9.99. The summed E-state index contributed by atoms with van der Waals surface area (Å²) in [4.78, 5) is 27.9. The van der Waals surface area contributed by atoms with E-state index in [1.807, 2.05) is 19.1 Å². The molecule has 0 N–H and O–H groups in total. The summed E-state index contributed by atoms with van der Waals surface area (Å²) in [5, 5.41) is 5.56. The van der Waals surface area contributed by atoms with E-state index in [0.29, 0.717) is 12.5 Å². The normalized spacial score (nSPS) is 16.7. The second-order valence-electron chi connectivity index (χ2n) is 7.23. The zero-order valence-corrected chi connectivity index (χ0v) is 14.7. The van der Waals surface area contributed by atoms with Crippen LogP contribution in [-0.2, 0) is 19.4 Å². The van der Waals surface area contributed by atoms with E-state index in [2.05, 4.69) is 25.0 Å². The average Bonchev–Trinajstić information content (AvgIpc) is 3.04. The minimum absolute atomic E-state index is 0.0247. The van der Waals surface area contributed by atoms with Crippen molar-refractivity contribution in [2.75, 3.05) is 18.0 Å². The van der Waals surface area contributed by atoms with Crippen molar-refractivity contribution in [2.24, 2.45) is 5.92 Å². The minimum Gasteiger partial charge on any atom is -0.355 e. The van der Waals surface area contributed by atoms with Crippen LogP contribution in [0.1, 0.15) is 23.5 Å². The molecule has 0 bridgehead atoms. The molecule has 1 aliphatic heterocycles. The first-order valence-electron chi connectivity index (χ1n) is 9.11. The summed E-state index contributed by atoms with van der Waals surface area (Å²) < 4.78 is 1.65. The maximum atomic E-state index is 12.3. The number of fused-ring (bicyclic) bond motifs is 2. The van der Waals surface area contributed by atoms with Crippen LogP contribution in [0.25, 0.3) is 11.0 Å². The Morgan fingerprint density at radius 1 is 1.23 bits per heavy atom. The first kappa shape index (κ1) is 15.4. The molecule has 0 amide bonds. The van der Waals surface area contributed by atoms with Gasteiger partial charge in [0.15, 0.2) is 5.65 Å². The third-order valence-electron chi connectivity index (χ3n) is 5.27. The van der Waals surface area contributed by atoms with Gasteiger partial charge in [-0.05, 0) is 43.9 Å². The average molecular weight is 348 g/mol. The molecule has 0 unspecified atom stereocenters. The van der Waals surface area contributed by atoms with Crippen LogP contribution < -0.4 is 10.5 Å². The van der Waals surface area contributed by atoms with Crippen molar-refractivity contribution < 1.29 is 0 Å². The quantitative estimate of drug-likeness (QED) is 0.714. The van der Waals surface area contributed by atoms with Crippen LogP contribution in [0.4, 0.5) is 5.82 Å². The van der Waals surface area contributed by atoms with Crippen LogP contribution in [0.2, 0.25) is 0 Å².